The standard InChI is InChI=1S/C16H24FN3/c1-3-4-5-6-11-16(2)12-19-15(18)20(16)14-9-7-13(17)8-10-14/h7-10H,3-6,11-12H2,1-2H3,(H2,18,19). The van der Waals surface area contributed by atoms with Crippen LogP contribution in [0.2, 0.25) is 0 Å². The molecule has 20 heavy (non-hydrogen) atoms. The molecule has 0 bridgehead atoms. The third-order valence-electron chi connectivity index (χ3n) is 4.00. The van der Waals surface area contributed by atoms with Crippen molar-refractivity contribution in [3.8, 4) is 0 Å². The molecule has 0 saturated carbocycles. The summed E-state index contributed by atoms with van der Waals surface area (Å²) in [7, 11) is 0. The molecular formula is C16H24FN3. The third kappa shape index (κ3) is 3.11. The quantitative estimate of drug-likeness (QED) is 0.806. The SMILES string of the molecule is CCCCCCC1(C)CN=C(N)N1c1ccc(F)cc1. The lowest BCUT2D eigenvalue weighted by Crippen LogP contribution is -2.50. The number of aliphatic imine (C=N–C) groups is 1. The summed E-state index contributed by atoms with van der Waals surface area (Å²) in [5.74, 6) is 0.308. The summed E-state index contributed by atoms with van der Waals surface area (Å²) in [5, 5.41) is 0. The van der Waals surface area contributed by atoms with Gasteiger partial charge in [-0.05, 0) is 37.6 Å². The van der Waals surface area contributed by atoms with Crippen molar-refractivity contribution < 1.29 is 4.39 Å². The van der Waals surface area contributed by atoms with Crippen molar-refractivity contribution in [3.63, 3.8) is 0 Å². The van der Waals surface area contributed by atoms with Crippen molar-refractivity contribution in [3.05, 3.63) is 30.1 Å². The molecule has 2 rings (SSSR count). The van der Waals surface area contributed by atoms with Gasteiger partial charge in [-0.2, -0.15) is 0 Å². The van der Waals surface area contributed by atoms with Crippen LogP contribution >= 0.6 is 0 Å². The number of nitrogens with zero attached hydrogens (tertiary/aromatic N) is 2. The molecule has 0 radical (unpaired) electrons. The van der Waals surface area contributed by atoms with Gasteiger partial charge >= 0.3 is 0 Å². The van der Waals surface area contributed by atoms with E-state index in [1.807, 2.05) is 0 Å². The second-order valence-electron chi connectivity index (χ2n) is 5.79. The Hall–Kier alpha value is -1.58. The van der Waals surface area contributed by atoms with Gasteiger partial charge in [-0.25, -0.2) is 4.39 Å². The second-order valence-corrected chi connectivity index (χ2v) is 5.79. The van der Waals surface area contributed by atoms with Crippen molar-refractivity contribution in [1.29, 1.82) is 0 Å². The van der Waals surface area contributed by atoms with E-state index in [-0.39, 0.29) is 11.4 Å². The number of guanidine groups is 1. The molecule has 3 nitrogen and oxygen atoms in total. The van der Waals surface area contributed by atoms with Crippen LogP contribution in [0.15, 0.2) is 29.3 Å². The number of nitrogens with two attached hydrogens (primary N) is 1. The van der Waals surface area contributed by atoms with Gasteiger partial charge in [0.1, 0.15) is 5.82 Å². The highest BCUT2D eigenvalue weighted by Crippen LogP contribution is 2.32. The molecule has 1 unspecified atom stereocenters. The number of hydrogen-bond acceptors (Lipinski definition) is 3. The van der Waals surface area contributed by atoms with Gasteiger partial charge in [-0.3, -0.25) is 4.99 Å². The van der Waals surface area contributed by atoms with Crippen molar-refractivity contribution in [2.45, 2.75) is 51.5 Å². The molecular weight excluding hydrogens is 253 g/mol. The first-order valence-electron chi connectivity index (χ1n) is 7.42. The molecule has 1 aromatic carbocycles. The predicted octanol–water partition coefficient (Wildman–Crippen LogP) is 3.69. The molecule has 1 aliphatic heterocycles. The molecule has 0 aliphatic carbocycles. The summed E-state index contributed by atoms with van der Waals surface area (Å²) in [6.45, 7) is 5.11. The van der Waals surface area contributed by atoms with Crippen LogP contribution in [0.5, 0.6) is 0 Å². The zero-order valence-corrected chi connectivity index (χ0v) is 12.4. The first kappa shape index (κ1) is 14.8. The van der Waals surface area contributed by atoms with Crippen molar-refractivity contribution in [2.75, 3.05) is 11.4 Å². The number of hydrogen-bond donors (Lipinski definition) is 1. The summed E-state index contributed by atoms with van der Waals surface area (Å²) < 4.78 is 13.1. The van der Waals surface area contributed by atoms with Crippen LogP contribution in [0, 0.1) is 5.82 Å². The molecule has 0 saturated heterocycles. The monoisotopic (exact) mass is 277 g/mol. The molecule has 4 heteroatoms. The van der Waals surface area contributed by atoms with Crippen LogP contribution in [-0.4, -0.2) is 18.0 Å². The lowest BCUT2D eigenvalue weighted by atomic mass is 9.92. The van der Waals surface area contributed by atoms with Crippen LogP contribution in [0.25, 0.3) is 0 Å². The number of halogens is 1. The Bertz CT molecular complexity index is 469. The van der Waals surface area contributed by atoms with Gasteiger partial charge in [0.2, 0.25) is 0 Å². The fourth-order valence-corrected chi connectivity index (χ4v) is 2.83. The minimum atomic E-state index is -0.229. The largest absolute Gasteiger partial charge is 0.369 e. The minimum absolute atomic E-state index is 0.0876. The molecule has 1 heterocycles. The Morgan fingerprint density at radius 2 is 1.95 bits per heavy atom. The van der Waals surface area contributed by atoms with Crippen molar-refractivity contribution >= 4 is 11.6 Å². The second kappa shape index (κ2) is 6.25. The van der Waals surface area contributed by atoms with E-state index < -0.39 is 0 Å². The van der Waals surface area contributed by atoms with Gasteiger partial charge < -0.3 is 10.6 Å². The Labute approximate surface area is 120 Å². The molecule has 0 spiro atoms. The van der Waals surface area contributed by atoms with Crippen molar-refractivity contribution in [2.24, 2.45) is 10.7 Å². The summed E-state index contributed by atoms with van der Waals surface area (Å²) >= 11 is 0. The van der Waals surface area contributed by atoms with Gasteiger partial charge in [0.25, 0.3) is 0 Å². The highest BCUT2D eigenvalue weighted by Gasteiger charge is 2.38. The average molecular weight is 277 g/mol. The molecule has 110 valence electrons. The van der Waals surface area contributed by atoms with Crippen molar-refractivity contribution in [1.82, 2.24) is 0 Å². The maximum atomic E-state index is 13.1. The molecule has 1 aliphatic rings. The Balaban J connectivity index is 2.10. The predicted molar refractivity (Wildman–Crippen MR) is 82.5 cm³/mol. The van der Waals surface area contributed by atoms with Crippen LogP contribution in [0.3, 0.4) is 0 Å². The first-order valence-corrected chi connectivity index (χ1v) is 7.42. The summed E-state index contributed by atoms with van der Waals surface area (Å²) in [6.07, 6.45) is 5.96. The fraction of sp³-hybridized carbons (Fsp3) is 0.562. The smallest absolute Gasteiger partial charge is 0.196 e. The molecule has 0 amide bonds. The highest BCUT2D eigenvalue weighted by molar-refractivity contribution is 5.98. The zero-order valence-electron chi connectivity index (χ0n) is 12.4. The zero-order chi connectivity index (χ0) is 14.6. The molecule has 0 aromatic heterocycles. The number of rotatable bonds is 6. The van der Waals surface area contributed by atoms with Gasteiger partial charge in [0.05, 0.1) is 12.1 Å². The van der Waals surface area contributed by atoms with Gasteiger partial charge in [-0.15, -0.1) is 0 Å². The normalized spacial score (nSPS) is 22.1. The molecule has 2 N–H and O–H groups in total. The maximum absolute atomic E-state index is 13.1. The number of unbranched alkanes of at least 4 members (excludes halogenated alkanes) is 3. The highest BCUT2D eigenvalue weighted by atomic mass is 19.1. The van der Waals surface area contributed by atoms with E-state index in [1.54, 1.807) is 12.1 Å². The van der Waals surface area contributed by atoms with E-state index in [1.165, 1.54) is 37.8 Å². The molecule has 0 fully saturated rings. The fourth-order valence-electron chi connectivity index (χ4n) is 2.83. The van der Waals surface area contributed by atoms with E-state index >= 15 is 0 Å². The Morgan fingerprint density at radius 1 is 1.25 bits per heavy atom. The lowest BCUT2D eigenvalue weighted by Gasteiger charge is -2.36. The summed E-state index contributed by atoms with van der Waals surface area (Å²) in [4.78, 5) is 6.45. The van der Waals surface area contributed by atoms with Crippen LogP contribution in [0.1, 0.15) is 46.0 Å². The summed E-state index contributed by atoms with van der Waals surface area (Å²) in [5.41, 5.74) is 6.87. The van der Waals surface area contributed by atoms with Gasteiger partial charge in [0.15, 0.2) is 5.96 Å². The maximum Gasteiger partial charge on any atom is 0.196 e. The minimum Gasteiger partial charge on any atom is -0.369 e. The topological polar surface area (TPSA) is 41.6 Å². The Morgan fingerprint density at radius 3 is 2.60 bits per heavy atom. The Kier molecular flexibility index (Phi) is 4.63. The van der Waals surface area contributed by atoms with E-state index in [0.29, 0.717) is 12.5 Å². The van der Waals surface area contributed by atoms with Crippen LogP contribution < -0.4 is 10.6 Å². The lowest BCUT2D eigenvalue weighted by molar-refractivity contribution is 0.434. The third-order valence-corrected chi connectivity index (χ3v) is 4.00. The average Bonchev–Trinajstić information content (AvgIpc) is 2.73. The van der Waals surface area contributed by atoms with E-state index in [2.05, 4.69) is 23.7 Å². The summed E-state index contributed by atoms with van der Waals surface area (Å²) in [6, 6.07) is 6.48. The van der Waals surface area contributed by atoms with E-state index in [4.69, 9.17) is 5.73 Å². The van der Waals surface area contributed by atoms with Gasteiger partial charge in [-0.1, -0.05) is 32.6 Å². The number of anilines is 1. The van der Waals surface area contributed by atoms with Crippen LogP contribution in [-0.2, 0) is 0 Å². The first-order chi connectivity index (χ1) is 9.57. The van der Waals surface area contributed by atoms with E-state index in [0.717, 1.165) is 12.1 Å². The number of benzene rings is 1. The molecule has 1 atom stereocenters. The van der Waals surface area contributed by atoms with Crippen LogP contribution in [0.4, 0.5) is 10.1 Å². The van der Waals surface area contributed by atoms with Gasteiger partial charge in [0, 0.05) is 5.69 Å². The molecule has 1 aromatic rings. The van der Waals surface area contributed by atoms with E-state index in [9.17, 15) is 4.39 Å².